The zero-order chi connectivity index (χ0) is 22.4. The van der Waals surface area contributed by atoms with E-state index < -0.39 is 17.8 Å². The molecule has 0 bridgehead atoms. The van der Waals surface area contributed by atoms with Gasteiger partial charge in [0.2, 0.25) is 5.91 Å². The first-order chi connectivity index (χ1) is 14.9. The summed E-state index contributed by atoms with van der Waals surface area (Å²) < 4.78 is 15.5. The maximum atomic E-state index is 13.8. The highest BCUT2D eigenvalue weighted by molar-refractivity contribution is 7.99. The van der Waals surface area contributed by atoms with Crippen molar-refractivity contribution in [1.82, 2.24) is 20.1 Å². The predicted octanol–water partition coefficient (Wildman–Crippen LogP) is 3.90. The number of benzene rings is 2. The molecule has 10 heteroatoms. The van der Waals surface area contributed by atoms with Gasteiger partial charge in [-0.2, -0.15) is 0 Å². The molecular weight excluding hydrogens is 437 g/mol. The van der Waals surface area contributed by atoms with E-state index >= 15 is 0 Å². The number of nitrogens with zero attached hydrogens (tertiary/aromatic N) is 3. The summed E-state index contributed by atoms with van der Waals surface area (Å²) in [5.41, 5.74) is 0.703. The lowest BCUT2D eigenvalue weighted by Gasteiger charge is -2.14. The Hall–Kier alpha value is -2.85. The minimum atomic E-state index is -0.588. The van der Waals surface area contributed by atoms with Crippen molar-refractivity contribution in [3.05, 3.63) is 65.7 Å². The van der Waals surface area contributed by atoms with E-state index in [0.717, 1.165) is 10.6 Å². The molecule has 0 saturated heterocycles. The highest BCUT2D eigenvalue weighted by atomic mass is 32.2. The molecule has 31 heavy (non-hydrogen) atoms. The molecule has 0 aliphatic heterocycles. The van der Waals surface area contributed by atoms with Gasteiger partial charge in [-0.3, -0.25) is 9.59 Å². The number of hydrogen-bond donors (Lipinski definition) is 2. The quantitative estimate of drug-likeness (QED) is 0.497. The van der Waals surface area contributed by atoms with Crippen molar-refractivity contribution in [2.24, 2.45) is 7.05 Å². The molecule has 0 radical (unpaired) electrons. The van der Waals surface area contributed by atoms with Gasteiger partial charge in [-0.1, -0.05) is 30.0 Å². The third-order valence-electron chi connectivity index (χ3n) is 4.41. The molecule has 162 valence electrons. The molecule has 0 spiro atoms. The third-order valence-corrected chi connectivity index (χ3v) is 6.15. The van der Waals surface area contributed by atoms with Crippen molar-refractivity contribution in [3.8, 4) is 0 Å². The molecule has 0 aliphatic carbocycles. The number of carbonyl (C=O) groups excluding carboxylic acids is 2. The van der Waals surface area contributed by atoms with E-state index in [1.54, 1.807) is 36.4 Å². The summed E-state index contributed by atoms with van der Waals surface area (Å²) in [5, 5.41) is 14.3. The average Bonchev–Trinajstić information content (AvgIpc) is 3.13. The van der Waals surface area contributed by atoms with Gasteiger partial charge in [0, 0.05) is 17.6 Å². The number of nitrogens with one attached hydrogen (secondary N) is 2. The van der Waals surface area contributed by atoms with Crippen molar-refractivity contribution < 1.29 is 14.0 Å². The van der Waals surface area contributed by atoms with Crippen LogP contribution in [0.25, 0.3) is 0 Å². The van der Waals surface area contributed by atoms with Gasteiger partial charge in [0.15, 0.2) is 11.0 Å². The first-order valence-electron chi connectivity index (χ1n) is 9.40. The third kappa shape index (κ3) is 5.86. The van der Waals surface area contributed by atoms with Gasteiger partial charge in [-0.15, -0.1) is 22.0 Å². The SMILES string of the molecule is CSc1cccc(NC(=O)CSc2nnc([C@@H](C)NC(=O)c3ccccc3F)n2C)c1. The zero-order valence-corrected chi connectivity index (χ0v) is 18.9. The van der Waals surface area contributed by atoms with E-state index in [-0.39, 0.29) is 17.2 Å². The minimum Gasteiger partial charge on any atom is -0.342 e. The van der Waals surface area contributed by atoms with Crippen LogP contribution >= 0.6 is 23.5 Å². The van der Waals surface area contributed by atoms with Crippen LogP contribution in [-0.2, 0) is 11.8 Å². The van der Waals surface area contributed by atoms with E-state index in [1.165, 1.54) is 30.0 Å². The molecule has 1 heterocycles. The maximum Gasteiger partial charge on any atom is 0.254 e. The predicted molar refractivity (Wildman–Crippen MR) is 121 cm³/mol. The van der Waals surface area contributed by atoms with E-state index in [4.69, 9.17) is 0 Å². The number of carbonyl (C=O) groups is 2. The van der Waals surface area contributed by atoms with Gasteiger partial charge in [-0.25, -0.2) is 4.39 Å². The maximum absolute atomic E-state index is 13.8. The molecular formula is C21H22FN5O2S2. The topological polar surface area (TPSA) is 88.9 Å². The fourth-order valence-corrected chi connectivity index (χ4v) is 4.02. The molecule has 0 saturated carbocycles. The largest absolute Gasteiger partial charge is 0.342 e. The summed E-state index contributed by atoms with van der Waals surface area (Å²) in [6, 6.07) is 12.9. The lowest BCUT2D eigenvalue weighted by atomic mass is 10.2. The summed E-state index contributed by atoms with van der Waals surface area (Å²) >= 11 is 2.84. The Kier molecular flexibility index (Phi) is 7.69. The fourth-order valence-electron chi connectivity index (χ4n) is 2.84. The van der Waals surface area contributed by atoms with Gasteiger partial charge in [0.25, 0.3) is 5.91 Å². The van der Waals surface area contributed by atoms with Gasteiger partial charge in [-0.05, 0) is 43.5 Å². The number of thioether (sulfide) groups is 2. The Labute approximate surface area is 188 Å². The number of amides is 2. The second-order valence-electron chi connectivity index (χ2n) is 6.64. The van der Waals surface area contributed by atoms with Gasteiger partial charge in [0.05, 0.1) is 17.4 Å². The normalized spacial score (nSPS) is 11.7. The summed E-state index contributed by atoms with van der Waals surface area (Å²) in [6.45, 7) is 1.74. The number of aromatic nitrogens is 3. The van der Waals surface area contributed by atoms with E-state index in [9.17, 15) is 14.0 Å². The highest BCUT2D eigenvalue weighted by Crippen LogP contribution is 2.22. The van der Waals surface area contributed by atoms with Crippen LogP contribution in [-0.4, -0.2) is 38.6 Å². The molecule has 1 atom stereocenters. The second-order valence-corrected chi connectivity index (χ2v) is 8.47. The van der Waals surface area contributed by atoms with Crippen molar-refractivity contribution in [2.75, 3.05) is 17.3 Å². The Morgan fingerprint density at radius 1 is 1.16 bits per heavy atom. The Balaban J connectivity index is 1.58. The van der Waals surface area contributed by atoms with Crippen molar-refractivity contribution in [3.63, 3.8) is 0 Å². The highest BCUT2D eigenvalue weighted by Gasteiger charge is 2.20. The van der Waals surface area contributed by atoms with Crippen molar-refractivity contribution in [1.29, 1.82) is 0 Å². The second kappa shape index (κ2) is 10.5. The van der Waals surface area contributed by atoms with Gasteiger partial charge >= 0.3 is 0 Å². The molecule has 1 aromatic heterocycles. The Morgan fingerprint density at radius 2 is 1.94 bits per heavy atom. The number of halogens is 1. The van der Waals surface area contributed by atoms with Crippen LogP contribution in [0.4, 0.5) is 10.1 Å². The molecule has 7 nitrogen and oxygen atoms in total. The van der Waals surface area contributed by atoms with Crippen molar-refractivity contribution in [2.45, 2.75) is 23.0 Å². The van der Waals surface area contributed by atoms with E-state index in [0.29, 0.717) is 11.0 Å². The molecule has 3 rings (SSSR count). The summed E-state index contributed by atoms with van der Waals surface area (Å²) in [6.07, 6.45) is 1.97. The number of anilines is 1. The monoisotopic (exact) mass is 459 g/mol. The van der Waals surface area contributed by atoms with Crippen molar-refractivity contribution >= 4 is 41.0 Å². The van der Waals surface area contributed by atoms with Crippen LogP contribution in [0.2, 0.25) is 0 Å². The lowest BCUT2D eigenvalue weighted by molar-refractivity contribution is -0.113. The Morgan fingerprint density at radius 3 is 2.68 bits per heavy atom. The average molecular weight is 460 g/mol. The van der Waals surface area contributed by atoms with Gasteiger partial charge < -0.3 is 15.2 Å². The molecule has 2 aromatic carbocycles. The summed E-state index contributed by atoms with van der Waals surface area (Å²) in [5.74, 6) is -0.620. The minimum absolute atomic E-state index is 0.0340. The number of hydrogen-bond acceptors (Lipinski definition) is 6. The van der Waals surface area contributed by atoms with Crippen LogP contribution in [0.1, 0.15) is 29.1 Å². The number of rotatable bonds is 8. The molecule has 0 fully saturated rings. The molecule has 2 amide bonds. The summed E-state index contributed by atoms with van der Waals surface area (Å²) in [4.78, 5) is 25.7. The molecule has 2 N–H and O–H groups in total. The Bertz CT molecular complexity index is 1090. The smallest absolute Gasteiger partial charge is 0.254 e. The van der Waals surface area contributed by atoms with Crippen LogP contribution in [0.5, 0.6) is 0 Å². The fraction of sp³-hybridized carbons (Fsp3) is 0.238. The molecule has 0 aliphatic rings. The van der Waals surface area contributed by atoms with Crippen LogP contribution in [0, 0.1) is 5.82 Å². The van der Waals surface area contributed by atoms with E-state index in [1.807, 2.05) is 30.5 Å². The van der Waals surface area contributed by atoms with Gasteiger partial charge in [0.1, 0.15) is 5.82 Å². The van der Waals surface area contributed by atoms with Crippen LogP contribution in [0.15, 0.2) is 58.6 Å². The lowest BCUT2D eigenvalue weighted by Crippen LogP contribution is -2.29. The first kappa shape index (κ1) is 22.8. The van der Waals surface area contributed by atoms with E-state index in [2.05, 4.69) is 20.8 Å². The van der Waals surface area contributed by atoms with Crippen LogP contribution in [0.3, 0.4) is 0 Å². The molecule has 0 unspecified atom stereocenters. The van der Waals surface area contributed by atoms with Crippen LogP contribution < -0.4 is 10.6 Å². The standard InChI is InChI=1S/C21H22FN5O2S2/c1-13(23-20(29)16-9-4-5-10-17(16)22)19-25-26-21(27(19)2)31-12-18(28)24-14-7-6-8-15(11-14)30-3/h4-11,13H,12H2,1-3H3,(H,23,29)(H,24,28)/t13-/m1/s1. The zero-order valence-electron chi connectivity index (χ0n) is 17.3. The summed E-state index contributed by atoms with van der Waals surface area (Å²) in [7, 11) is 1.75. The molecule has 3 aromatic rings. The first-order valence-corrected chi connectivity index (χ1v) is 11.6.